The second-order valence-corrected chi connectivity index (χ2v) is 8.89. The number of benzene rings is 1. The van der Waals surface area contributed by atoms with Crippen LogP contribution < -0.4 is 19.8 Å². The minimum atomic E-state index is 0.125. The highest BCUT2D eigenvalue weighted by atomic mass is 16.7. The molecule has 7 heteroatoms. The summed E-state index contributed by atoms with van der Waals surface area (Å²) in [6, 6.07) is 9.90. The molecule has 1 fully saturated rings. The number of hydrogen-bond donors (Lipinski definition) is 0. The van der Waals surface area contributed by atoms with E-state index in [0.717, 1.165) is 55.4 Å². The summed E-state index contributed by atoms with van der Waals surface area (Å²) in [7, 11) is 5.86. The lowest BCUT2D eigenvalue weighted by Crippen LogP contribution is -2.51. The molecule has 1 aromatic heterocycles. The fourth-order valence-electron chi connectivity index (χ4n) is 5.39. The number of fused-ring (bicyclic) bond motifs is 5. The molecular formula is C23H29N3O4. The largest absolute Gasteiger partial charge is 0.496 e. The molecule has 2 bridgehead atoms. The van der Waals surface area contributed by atoms with Gasteiger partial charge in [0.2, 0.25) is 6.79 Å². The number of likely N-dealkylation sites (tertiary alicyclic amines) is 1. The molecule has 7 nitrogen and oxygen atoms in total. The third-order valence-corrected chi connectivity index (χ3v) is 6.60. The van der Waals surface area contributed by atoms with E-state index in [0.29, 0.717) is 11.8 Å². The molecule has 0 radical (unpaired) electrons. The van der Waals surface area contributed by atoms with E-state index in [4.69, 9.17) is 14.2 Å². The van der Waals surface area contributed by atoms with Gasteiger partial charge in [-0.15, -0.1) is 0 Å². The minimum Gasteiger partial charge on any atom is -0.496 e. The number of ether oxygens (including phenoxy) is 3. The van der Waals surface area contributed by atoms with E-state index in [9.17, 15) is 4.79 Å². The normalized spacial score (nSPS) is 24.7. The van der Waals surface area contributed by atoms with Crippen molar-refractivity contribution < 1.29 is 14.2 Å². The van der Waals surface area contributed by atoms with E-state index < -0.39 is 0 Å². The molecular weight excluding hydrogens is 382 g/mol. The number of pyridine rings is 1. The number of methoxy groups -OCH3 is 1. The number of nitrogens with zero attached hydrogens (tertiary/aromatic N) is 3. The molecule has 160 valence electrons. The monoisotopic (exact) mass is 411 g/mol. The quantitative estimate of drug-likeness (QED) is 0.753. The molecule has 0 unspecified atom stereocenters. The van der Waals surface area contributed by atoms with Gasteiger partial charge < -0.3 is 23.7 Å². The van der Waals surface area contributed by atoms with Gasteiger partial charge in [0.05, 0.1) is 13.2 Å². The van der Waals surface area contributed by atoms with Crippen molar-refractivity contribution in [2.45, 2.75) is 24.9 Å². The first-order valence-electron chi connectivity index (χ1n) is 10.6. The van der Waals surface area contributed by atoms with Crippen molar-refractivity contribution in [1.82, 2.24) is 14.4 Å². The van der Waals surface area contributed by atoms with Crippen LogP contribution in [-0.2, 0) is 6.54 Å². The molecule has 2 aromatic rings. The highest BCUT2D eigenvalue weighted by molar-refractivity contribution is 5.51. The van der Waals surface area contributed by atoms with Crippen LogP contribution in [0.3, 0.4) is 0 Å². The summed E-state index contributed by atoms with van der Waals surface area (Å²) in [5.41, 5.74) is 2.41. The number of likely N-dealkylation sites (N-methyl/N-ethyl adjacent to an activating group) is 1. The van der Waals surface area contributed by atoms with Crippen LogP contribution in [0.2, 0.25) is 0 Å². The second-order valence-electron chi connectivity index (χ2n) is 8.89. The standard InChI is InChI=1S/C23H29N3O4/c1-24(2)13-19-16-7-15(18-5-4-6-23(27)26(18)19)10-25(11-16)12-17-8-21-22(30-14-29-21)9-20(17)28-3/h4-6,8-9,15-16,19H,7,10-14H2,1-3H3/t15-,16+,19+/m1/s1. The van der Waals surface area contributed by atoms with E-state index in [2.05, 4.69) is 34.5 Å². The minimum absolute atomic E-state index is 0.125. The predicted octanol–water partition coefficient (Wildman–Crippen LogP) is 2.31. The van der Waals surface area contributed by atoms with Gasteiger partial charge >= 0.3 is 0 Å². The smallest absolute Gasteiger partial charge is 0.251 e. The molecule has 0 amide bonds. The van der Waals surface area contributed by atoms with Crippen LogP contribution in [0.25, 0.3) is 0 Å². The van der Waals surface area contributed by atoms with Gasteiger partial charge in [0.25, 0.3) is 5.56 Å². The Hall–Kier alpha value is -2.51. The first kappa shape index (κ1) is 19.5. The van der Waals surface area contributed by atoms with Crippen molar-refractivity contribution in [3.8, 4) is 17.2 Å². The Morgan fingerprint density at radius 2 is 1.97 bits per heavy atom. The van der Waals surface area contributed by atoms with Crippen molar-refractivity contribution in [3.63, 3.8) is 0 Å². The first-order chi connectivity index (χ1) is 14.5. The van der Waals surface area contributed by atoms with E-state index in [1.165, 1.54) is 5.69 Å². The number of rotatable bonds is 5. The Labute approximate surface area is 176 Å². The average molecular weight is 412 g/mol. The zero-order valence-corrected chi connectivity index (χ0v) is 17.8. The van der Waals surface area contributed by atoms with Crippen molar-refractivity contribution >= 4 is 0 Å². The summed E-state index contributed by atoms with van der Waals surface area (Å²) in [5, 5.41) is 0. The van der Waals surface area contributed by atoms with Gasteiger partial charge in [-0.2, -0.15) is 0 Å². The van der Waals surface area contributed by atoms with Crippen LogP contribution in [0.1, 0.15) is 29.6 Å². The number of hydrogen-bond acceptors (Lipinski definition) is 6. The lowest BCUT2D eigenvalue weighted by Gasteiger charge is -2.47. The zero-order chi connectivity index (χ0) is 20.8. The molecule has 4 heterocycles. The second kappa shape index (κ2) is 7.63. The molecule has 0 saturated carbocycles. The number of piperidine rings is 1. The molecule has 3 aliphatic heterocycles. The Balaban J connectivity index is 1.45. The van der Waals surface area contributed by atoms with E-state index in [-0.39, 0.29) is 18.4 Å². The summed E-state index contributed by atoms with van der Waals surface area (Å²) in [6.07, 6.45) is 1.14. The van der Waals surface area contributed by atoms with Crippen LogP contribution in [0.15, 0.2) is 35.1 Å². The van der Waals surface area contributed by atoms with Gasteiger partial charge in [-0.25, -0.2) is 0 Å². The van der Waals surface area contributed by atoms with Crippen LogP contribution in [0, 0.1) is 5.92 Å². The van der Waals surface area contributed by atoms with Crippen molar-refractivity contribution in [2.75, 3.05) is 47.6 Å². The molecule has 0 spiro atoms. The van der Waals surface area contributed by atoms with Crippen LogP contribution in [0.4, 0.5) is 0 Å². The summed E-state index contributed by atoms with van der Waals surface area (Å²) < 4.78 is 18.8. The molecule has 3 aliphatic rings. The highest BCUT2D eigenvalue weighted by Crippen LogP contribution is 2.43. The third-order valence-electron chi connectivity index (χ3n) is 6.60. The van der Waals surface area contributed by atoms with Gasteiger partial charge in [-0.3, -0.25) is 9.69 Å². The van der Waals surface area contributed by atoms with E-state index in [1.807, 2.05) is 18.2 Å². The molecule has 30 heavy (non-hydrogen) atoms. The molecule has 1 aromatic carbocycles. The van der Waals surface area contributed by atoms with Crippen molar-refractivity contribution in [2.24, 2.45) is 5.92 Å². The third kappa shape index (κ3) is 3.36. The summed E-state index contributed by atoms with van der Waals surface area (Å²) in [5.74, 6) is 3.17. The Kier molecular flexibility index (Phi) is 4.95. The molecule has 0 N–H and O–H groups in total. The first-order valence-corrected chi connectivity index (χ1v) is 10.6. The van der Waals surface area contributed by atoms with Crippen LogP contribution in [-0.4, -0.2) is 62.0 Å². The topological polar surface area (TPSA) is 56.2 Å². The maximum absolute atomic E-state index is 12.7. The summed E-state index contributed by atoms with van der Waals surface area (Å²) in [6.45, 7) is 3.82. The fourth-order valence-corrected chi connectivity index (χ4v) is 5.39. The van der Waals surface area contributed by atoms with Gasteiger partial charge in [0, 0.05) is 55.5 Å². The molecule has 3 atom stereocenters. The van der Waals surface area contributed by atoms with E-state index >= 15 is 0 Å². The lowest BCUT2D eigenvalue weighted by atomic mass is 9.78. The average Bonchev–Trinajstić information content (AvgIpc) is 3.17. The Morgan fingerprint density at radius 1 is 1.17 bits per heavy atom. The van der Waals surface area contributed by atoms with E-state index in [1.54, 1.807) is 13.2 Å². The summed E-state index contributed by atoms with van der Waals surface area (Å²) >= 11 is 0. The SMILES string of the molecule is COc1cc2c(cc1CN1C[C@H]3C[C@@H](C1)[C@H](CN(C)C)n1c3cccc1=O)OCO2. The summed E-state index contributed by atoms with van der Waals surface area (Å²) in [4.78, 5) is 17.4. The van der Waals surface area contributed by atoms with Crippen molar-refractivity contribution in [1.29, 1.82) is 0 Å². The molecule has 5 rings (SSSR count). The lowest BCUT2D eigenvalue weighted by molar-refractivity contribution is 0.0738. The maximum atomic E-state index is 12.7. The van der Waals surface area contributed by atoms with Crippen molar-refractivity contribution in [3.05, 3.63) is 51.9 Å². The number of aromatic nitrogens is 1. The predicted molar refractivity (Wildman–Crippen MR) is 114 cm³/mol. The van der Waals surface area contributed by atoms with Crippen LogP contribution >= 0.6 is 0 Å². The molecule has 0 aliphatic carbocycles. The molecule has 1 saturated heterocycles. The zero-order valence-electron chi connectivity index (χ0n) is 17.8. The van der Waals surface area contributed by atoms with Gasteiger partial charge in [-0.05, 0) is 38.6 Å². The fraction of sp³-hybridized carbons (Fsp3) is 0.522. The Morgan fingerprint density at radius 3 is 2.73 bits per heavy atom. The Bertz CT molecular complexity index is 1000. The van der Waals surface area contributed by atoms with Gasteiger partial charge in [0.1, 0.15) is 5.75 Å². The van der Waals surface area contributed by atoms with Crippen LogP contribution in [0.5, 0.6) is 17.2 Å². The maximum Gasteiger partial charge on any atom is 0.251 e. The highest BCUT2D eigenvalue weighted by Gasteiger charge is 2.40. The van der Waals surface area contributed by atoms with Gasteiger partial charge in [0.15, 0.2) is 11.5 Å². The van der Waals surface area contributed by atoms with Gasteiger partial charge in [-0.1, -0.05) is 6.07 Å².